The molecule has 0 aromatic heterocycles. The van der Waals surface area contributed by atoms with Crippen molar-refractivity contribution < 1.29 is 14.3 Å². The van der Waals surface area contributed by atoms with Crippen LogP contribution in [-0.4, -0.2) is 35.9 Å². The van der Waals surface area contributed by atoms with Crippen molar-refractivity contribution in [1.29, 1.82) is 0 Å². The number of hydrazone groups is 1. The van der Waals surface area contributed by atoms with Gasteiger partial charge in [-0.3, -0.25) is 4.79 Å². The number of rotatable bonds is 6. The summed E-state index contributed by atoms with van der Waals surface area (Å²) in [6.45, 7) is 5.16. The van der Waals surface area contributed by atoms with Crippen LogP contribution in [0.2, 0.25) is 0 Å². The molecule has 2 atom stereocenters. The van der Waals surface area contributed by atoms with Crippen LogP contribution in [0.1, 0.15) is 70.8 Å². The number of carbonyl (C=O) groups excluding carboxylic acids is 1. The van der Waals surface area contributed by atoms with Gasteiger partial charge in [-0.05, 0) is 57.7 Å². The van der Waals surface area contributed by atoms with Crippen LogP contribution in [0.5, 0.6) is 11.5 Å². The highest BCUT2D eigenvalue weighted by atomic mass is 16.5. The van der Waals surface area contributed by atoms with Crippen LogP contribution in [0.15, 0.2) is 23.3 Å². The molecule has 2 aliphatic carbocycles. The third kappa shape index (κ3) is 3.63. The van der Waals surface area contributed by atoms with Crippen LogP contribution in [0, 0.1) is 11.8 Å². The number of nitrogens with zero attached hydrogens (tertiary/aromatic N) is 2. The summed E-state index contributed by atoms with van der Waals surface area (Å²) in [5, 5.41) is 6.83. The van der Waals surface area contributed by atoms with E-state index in [9.17, 15) is 4.79 Å². The van der Waals surface area contributed by atoms with E-state index in [-0.39, 0.29) is 23.8 Å². The molecule has 2 saturated carbocycles. The van der Waals surface area contributed by atoms with Gasteiger partial charge in [0.15, 0.2) is 11.5 Å². The molecule has 4 rings (SSSR count). The van der Waals surface area contributed by atoms with E-state index in [0.717, 1.165) is 54.9 Å². The minimum atomic E-state index is 0.0870. The summed E-state index contributed by atoms with van der Waals surface area (Å²) in [6, 6.07) is 6.41. The maximum atomic E-state index is 13.2. The second-order valence-corrected chi connectivity index (χ2v) is 8.13. The summed E-state index contributed by atoms with van der Waals surface area (Å²) in [5.41, 5.74) is 2.14. The van der Waals surface area contributed by atoms with Gasteiger partial charge in [-0.15, -0.1) is 0 Å². The molecule has 0 unspecified atom stereocenters. The van der Waals surface area contributed by atoms with Crippen LogP contribution in [-0.2, 0) is 4.79 Å². The number of hydrogen-bond donors (Lipinski definition) is 0. The van der Waals surface area contributed by atoms with E-state index >= 15 is 0 Å². The number of hydrogen-bond acceptors (Lipinski definition) is 4. The number of amides is 1. The highest BCUT2D eigenvalue weighted by Crippen LogP contribution is 2.41. The van der Waals surface area contributed by atoms with Gasteiger partial charge in [-0.2, -0.15) is 5.10 Å². The van der Waals surface area contributed by atoms with Gasteiger partial charge in [-0.25, -0.2) is 5.01 Å². The van der Waals surface area contributed by atoms with Gasteiger partial charge in [-0.1, -0.05) is 25.7 Å². The molecular formula is C23H32N2O3. The van der Waals surface area contributed by atoms with E-state index in [0.29, 0.717) is 13.2 Å². The molecule has 1 aromatic carbocycles. The predicted molar refractivity (Wildman–Crippen MR) is 110 cm³/mol. The summed E-state index contributed by atoms with van der Waals surface area (Å²) in [4.78, 5) is 13.2. The van der Waals surface area contributed by atoms with Crippen molar-refractivity contribution >= 4 is 11.6 Å². The molecule has 0 radical (unpaired) electrons. The SMILES string of the molecule is CCOc1ccc(C2=NN(C3CCCC3)C(=O)[C@@H]3CCCC[C@H]23)cc1OCC. The summed E-state index contributed by atoms with van der Waals surface area (Å²) in [7, 11) is 0. The largest absolute Gasteiger partial charge is 0.490 e. The Kier molecular flexibility index (Phi) is 5.88. The quantitative estimate of drug-likeness (QED) is 0.709. The standard InChI is InChI=1S/C23H32N2O3/c1-3-27-20-14-13-16(15-21(20)28-4-2)22-18-11-7-8-12-19(18)23(26)25(24-22)17-9-5-6-10-17/h13-15,17-19H,3-12H2,1-2H3/t18-,19+/m0/s1. The van der Waals surface area contributed by atoms with Crippen molar-refractivity contribution in [2.75, 3.05) is 13.2 Å². The van der Waals surface area contributed by atoms with Crippen LogP contribution >= 0.6 is 0 Å². The lowest BCUT2D eigenvalue weighted by molar-refractivity contribution is -0.141. The minimum Gasteiger partial charge on any atom is -0.490 e. The first-order valence-electron chi connectivity index (χ1n) is 11.0. The average molecular weight is 385 g/mol. The first-order valence-corrected chi connectivity index (χ1v) is 11.0. The molecule has 5 heteroatoms. The van der Waals surface area contributed by atoms with Gasteiger partial charge in [0.25, 0.3) is 0 Å². The van der Waals surface area contributed by atoms with Crippen LogP contribution in [0.4, 0.5) is 0 Å². The lowest BCUT2D eigenvalue weighted by Crippen LogP contribution is -2.49. The maximum absolute atomic E-state index is 13.2. The highest BCUT2D eigenvalue weighted by molar-refractivity contribution is 6.07. The Morgan fingerprint density at radius 2 is 1.57 bits per heavy atom. The van der Waals surface area contributed by atoms with E-state index in [1.807, 2.05) is 24.9 Å². The van der Waals surface area contributed by atoms with Gasteiger partial charge >= 0.3 is 0 Å². The van der Waals surface area contributed by atoms with Crippen LogP contribution in [0.25, 0.3) is 0 Å². The monoisotopic (exact) mass is 384 g/mol. The Morgan fingerprint density at radius 3 is 2.29 bits per heavy atom. The van der Waals surface area contributed by atoms with E-state index in [4.69, 9.17) is 14.6 Å². The number of fused-ring (bicyclic) bond motifs is 1. The average Bonchev–Trinajstić information content (AvgIpc) is 3.25. The predicted octanol–water partition coefficient (Wildman–Crippen LogP) is 4.78. The molecule has 1 amide bonds. The Labute approximate surface area is 168 Å². The van der Waals surface area contributed by atoms with Crippen molar-refractivity contribution in [2.24, 2.45) is 16.9 Å². The molecule has 2 fully saturated rings. The van der Waals surface area contributed by atoms with E-state index in [2.05, 4.69) is 12.1 Å². The minimum absolute atomic E-state index is 0.0870. The van der Waals surface area contributed by atoms with Crippen molar-refractivity contribution in [1.82, 2.24) is 5.01 Å². The van der Waals surface area contributed by atoms with Gasteiger partial charge in [0, 0.05) is 17.4 Å². The van der Waals surface area contributed by atoms with Gasteiger partial charge in [0.1, 0.15) is 0 Å². The summed E-state index contributed by atoms with van der Waals surface area (Å²) in [5.74, 6) is 2.11. The number of benzene rings is 1. The first-order chi connectivity index (χ1) is 13.7. The van der Waals surface area contributed by atoms with Gasteiger partial charge < -0.3 is 9.47 Å². The molecule has 1 aromatic rings. The van der Waals surface area contributed by atoms with Crippen molar-refractivity contribution in [2.45, 2.75) is 71.3 Å². The first kappa shape index (κ1) is 19.3. The Hall–Kier alpha value is -2.04. The molecular weight excluding hydrogens is 352 g/mol. The molecule has 1 aliphatic heterocycles. The fraction of sp³-hybridized carbons (Fsp3) is 0.652. The lowest BCUT2D eigenvalue weighted by Gasteiger charge is -2.40. The Balaban J connectivity index is 1.73. The summed E-state index contributed by atoms with van der Waals surface area (Å²) in [6.07, 6.45) is 8.90. The third-order valence-corrected chi connectivity index (χ3v) is 6.39. The third-order valence-electron chi connectivity index (χ3n) is 6.39. The van der Waals surface area contributed by atoms with E-state index in [1.165, 1.54) is 19.3 Å². The fourth-order valence-corrected chi connectivity index (χ4v) is 5.06. The zero-order chi connectivity index (χ0) is 19.5. The molecule has 3 aliphatic rings. The molecule has 0 N–H and O–H groups in total. The van der Waals surface area contributed by atoms with Crippen LogP contribution < -0.4 is 9.47 Å². The lowest BCUT2D eigenvalue weighted by atomic mass is 9.73. The fourth-order valence-electron chi connectivity index (χ4n) is 5.06. The molecule has 28 heavy (non-hydrogen) atoms. The normalized spacial score (nSPS) is 25.4. The van der Waals surface area contributed by atoms with Gasteiger partial charge in [0.05, 0.1) is 25.0 Å². The molecule has 0 spiro atoms. The molecule has 1 heterocycles. The summed E-state index contributed by atoms with van der Waals surface area (Å²) >= 11 is 0. The Bertz CT molecular complexity index is 739. The smallest absolute Gasteiger partial charge is 0.246 e. The second-order valence-electron chi connectivity index (χ2n) is 8.13. The van der Waals surface area contributed by atoms with Crippen molar-refractivity contribution in [3.05, 3.63) is 23.8 Å². The Morgan fingerprint density at radius 1 is 0.929 bits per heavy atom. The molecule has 5 nitrogen and oxygen atoms in total. The van der Waals surface area contributed by atoms with E-state index in [1.54, 1.807) is 0 Å². The van der Waals surface area contributed by atoms with Crippen LogP contribution in [0.3, 0.4) is 0 Å². The zero-order valence-corrected chi connectivity index (χ0v) is 17.2. The molecule has 0 bridgehead atoms. The zero-order valence-electron chi connectivity index (χ0n) is 17.2. The number of carbonyl (C=O) groups is 1. The summed E-state index contributed by atoms with van der Waals surface area (Å²) < 4.78 is 11.6. The maximum Gasteiger partial charge on any atom is 0.246 e. The van der Waals surface area contributed by atoms with E-state index < -0.39 is 0 Å². The molecule has 152 valence electrons. The second kappa shape index (κ2) is 8.54. The van der Waals surface area contributed by atoms with Crippen molar-refractivity contribution in [3.8, 4) is 11.5 Å². The van der Waals surface area contributed by atoms with Gasteiger partial charge in [0.2, 0.25) is 5.91 Å². The number of ether oxygens (including phenoxy) is 2. The highest BCUT2D eigenvalue weighted by Gasteiger charge is 2.43. The topological polar surface area (TPSA) is 51.1 Å². The molecule has 0 saturated heterocycles. The van der Waals surface area contributed by atoms with Crippen molar-refractivity contribution in [3.63, 3.8) is 0 Å².